The Bertz CT molecular complexity index is 804. The number of rotatable bonds is 4. The molecule has 0 spiro atoms. The lowest BCUT2D eigenvalue weighted by Gasteiger charge is -2.53. The van der Waals surface area contributed by atoms with E-state index in [1.165, 1.54) is 0 Å². The molecule has 1 N–H and O–H groups in total. The maximum absolute atomic E-state index is 13.6. The second kappa shape index (κ2) is 6.29. The summed E-state index contributed by atoms with van der Waals surface area (Å²) in [6.45, 7) is 2.19. The Morgan fingerprint density at radius 3 is 2.44 bits per heavy atom. The third kappa shape index (κ3) is 3.07. The van der Waals surface area contributed by atoms with Gasteiger partial charge in [-0.25, -0.2) is 4.98 Å². The second-order valence-electron chi connectivity index (χ2n) is 7.60. The Labute approximate surface area is 154 Å². The summed E-state index contributed by atoms with van der Waals surface area (Å²) >= 11 is 0. The predicted molar refractivity (Wildman–Crippen MR) is 90.3 cm³/mol. The van der Waals surface area contributed by atoms with Crippen LogP contribution in [0.1, 0.15) is 30.4 Å². The van der Waals surface area contributed by atoms with Crippen LogP contribution in [0.3, 0.4) is 0 Å². The minimum atomic E-state index is -4.63. The van der Waals surface area contributed by atoms with Gasteiger partial charge in [0.15, 0.2) is 0 Å². The first-order chi connectivity index (χ1) is 12.8. The van der Waals surface area contributed by atoms with Crippen LogP contribution in [0.2, 0.25) is 0 Å². The van der Waals surface area contributed by atoms with Crippen LogP contribution in [0.25, 0.3) is 0 Å². The molecule has 1 aromatic rings. The molecular weight excluding hydrogens is 361 g/mol. The molecule has 4 heterocycles. The van der Waals surface area contributed by atoms with Crippen molar-refractivity contribution in [3.8, 4) is 6.07 Å². The number of carboxylic acids is 1. The van der Waals surface area contributed by atoms with Crippen molar-refractivity contribution in [3.63, 3.8) is 0 Å². The Balaban J connectivity index is 1.66. The van der Waals surface area contributed by atoms with E-state index in [1.54, 1.807) is 11.0 Å². The first-order valence-corrected chi connectivity index (χ1v) is 9.02. The van der Waals surface area contributed by atoms with E-state index in [1.807, 2.05) is 4.90 Å². The van der Waals surface area contributed by atoms with Gasteiger partial charge in [0.25, 0.3) is 0 Å². The molecule has 0 aromatic carbocycles. The lowest BCUT2D eigenvalue weighted by molar-refractivity contribution is -0.141. The van der Waals surface area contributed by atoms with Crippen molar-refractivity contribution in [2.45, 2.75) is 25.4 Å². The highest BCUT2D eigenvalue weighted by molar-refractivity contribution is 5.68. The van der Waals surface area contributed by atoms with Gasteiger partial charge in [-0.05, 0) is 36.7 Å². The van der Waals surface area contributed by atoms with Gasteiger partial charge in [-0.2, -0.15) is 18.4 Å². The smallest absolute Gasteiger partial charge is 0.417 e. The number of alkyl halides is 3. The summed E-state index contributed by atoms with van der Waals surface area (Å²) in [6, 6.07) is 2.66. The molecule has 4 fully saturated rings. The van der Waals surface area contributed by atoms with E-state index in [-0.39, 0.29) is 35.8 Å². The lowest BCUT2D eigenvalue weighted by atomic mass is 9.60. The maximum Gasteiger partial charge on any atom is 0.417 e. The van der Waals surface area contributed by atoms with Gasteiger partial charge in [0.2, 0.25) is 0 Å². The molecule has 9 heteroatoms. The number of fused-ring (bicyclic) bond motifs is 2. The quantitative estimate of drug-likeness (QED) is 0.865. The van der Waals surface area contributed by atoms with E-state index in [2.05, 4.69) is 4.98 Å². The van der Waals surface area contributed by atoms with Gasteiger partial charge >= 0.3 is 12.1 Å². The van der Waals surface area contributed by atoms with E-state index in [0.717, 1.165) is 18.9 Å². The van der Waals surface area contributed by atoms with Gasteiger partial charge in [-0.15, -0.1) is 0 Å². The molecule has 0 amide bonds. The number of nitrogens with zero attached hydrogens (tertiary/aromatic N) is 4. The van der Waals surface area contributed by atoms with Crippen molar-refractivity contribution in [1.82, 2.24) is 4.98 Å². The number of aliphatic carboxylic acids is 1. The number of carbonyl (C=O) groups is 1. The molecule has 3 saturated heterocycles. The number of hydrogen-bond donors (Lipinski definition) is 1. The van der Waals surface area contributed by atoms with E-state index < -0.39 is 23.3 Å². The Morgan fingerprint density at radius 1 is 1.30 bits per heavy atom. The normalized spacial score (nSPS) is 26.8. The van der Waals surface area contributed by atoms with Crippen molar-refractivity contribution in [1.29, 1.82) is 5.26 Å². The highest BCUT2D eigenvalue weighted by Crippen LogP contribution is 2.49. The van der Waals surface area contributed by atoms with Gasteiger partial charge in [-0.3, -0.25) is 4.79 Å². The van der Waals surface area contributed by atoms with Gasteiger partial charge in [0.05, 0.1) is 5.56 Å². The van der Waals surface area contributed by atoms with Crippen LogP contribution in [-0.2, 0) is 11.0 Å². The van der Waals surface area contributed by atoms with Crippen LogP contribution >= 0.6 is 0 Å². The van der Waals surface area contributed by atoms with Gasteiger partial charge in [0.1, 0.15) is 23.3 Å². The zero-order valence-corrected chi connectivity index (χ0v) is 14.5. The maximum atomic E-state index is 13.6. The van der Waals surface area contributed by atoms with Crippen LogP contribution in [0, 0.1) is 29.1 Å². The molecule has 2 bridgehead atoms. The van der Waals surface area contributed by atoms with Gasteiger partial charge < -0.3 is 14.9 Å². The van der Waals surface area contributed by atoms with Crippen molar-refractivity contribution in [3.05, 3.63) is 17.2 Å². The molecular formula is C18H19F3N4O2. The lowest BCUT2D eigenvalue weighted by Crippen LogP contribution is -2.56. The Morgan fingerprint density at radius 2 is 1.96 bits per heavy atom. The Kier molecular flexibility index (Phi) is 4.17. The zero-order chi connectivity index (χ0) is 19.3. The molecule has 27 heavy (non-hydrogen) atoms. The minimum absolute atomic E-state index is 0.0917. The third-order valence-corrected chi connectivity index (χ3v) is 6.02. The van der Waals surface area contributed by atoms with Crippen LogP contribution < -0.4 is 9.80 Å². The number of carboxylic acid groups (broad SMARTS) is 1. The zero-order valence-electron chi connectivity index (χ0n) is 14.5. The fraction of sp³-hybridized carbons (Fsp3) is 0.611. The average Bonchev–Trinajstić information content (AvgIpc) is 2.56. The molecule has 2 atom stereocenters. The van der Waals surface area contributed by atoms with Crippen LogP contribution in [0.4, 0.5) is 24.8 Å². The number of hydrogen-bond acceptors (Lipinski definition) is 5. The summed E-state index contributed by atoms with van der Waals surface area (Å²) in [5.41, 5.74) is -1.37. The summed E-state index contributed by atoms with van der Waals surface area (Å²) in [5.74, 6) is -0.0760. The van der Waals surface area contributed by atoms with E-state index >= 15 is 0 Å². The third-order valence-electron chi connectivity index (χ3n) is 6.02. The fourth-order valence-electron chi connectivity index (χ4n) is 4.48. The first kappa shape index (κ1) is 17.9. The summed E-state index contributed by atoms with van der Waals surface area (Å²) in [4.78, 5) is 18.9. The number of anilines is 2. The monoisotopic (exact) mass is 380 g/mol. The number of halogens is 3. The van der Waals surface area contributed by atoms with Crippen LogP contribution in [-0.4, -0.2) is 42.2 Å². The predicted octanol–water partition coefficient (Wildman–Crippen LogP) is 2.73. The summed E-state index contributed by atoms with van der Waals surface area (Å²) in [6.07, 6.45) is -2.75. The average molecular weight is 380 g/mol. The molecule has 3 aliphatic heterocycles. The standard InChI is InChI=1S/C18H19F3N4O2/c19-18(20,21)14-6-15(23-17(13(14)7-22)24-2-1-3-24)25-8-10-4-11(9-25)12(10)5-16(26)27/h6,10-12H,1-5,8-9H2,(H,26,27). The first-order valence-electron chi connectivity index (χ1n) is 9.02. The topological polar surface area (TPSA) is 80.5 Å². The highest BCUT2D eigenvalue weighted by atomic mass is 19.4. The van der Waals surface area contributed by atoms with Crippen molar-refractivity contribution in [2.75, 3.05) is 36.0 Å². The minimum Gasteiger partial charge on any atom is -0.481 e. The summed E-state index contributed by atoms with van der Waals surface area (Å²) in [7, 11) is 0. The number of aromatic nitrogens is 1. The SMILES string of the molecule is N#Cc1c(C(F)(F)F)cc(N2CC3CC(C2)C3CC(=O)O)nc1N1CCC1. The molecule has 144 valence electrons. The van der Waals surface area contributed by atoms with Gasteiger partial charge in [-0.1, -0.05) is 0 Å². The Hall–Kier alpha value is -2.50. The van der Waals surface area contributed by atoms with Crippen molar-refractivity contribution in [2.24, 2.45) is 17.8 Å². The molecule has 0 radical (unpaired) electrons. The molecule has 4 aliphatic rings. The van der Waals surface area contributed by atoms with E-state index in [9.17, 15) is 23.2 Å². The van der Waals surface area contributed by atoms with Crippen LogP contribution in [0.5, 0.6) is 0 Å². The number of piperidine rings is 2. The van der Waals surface area contributed by atoms with Crippen LogP contribution in [0.15, 0.2) is 6.07 Å². The van der Waals surface area contributed by atoms with Gasteiger partial charge in [0, 0.05) is 32.6 Å². The van der Waals surface area contributed by atoms with Crippen molar-refractivity contribution < 1.29 is 23.1 Å². The fourth-order valence-corrected chi connectivity index (χ4v) is 4.48. The number of pyridine rings is 1. The molecule has 6 nitrogen and oxygen atoms in total. The number of nitriles is 1. The molecule has 1 aliphatic carbocycles. The highest BCUT2D eigenvalue weighted by Gasteiger charge is 2.48. The summed E-state index contributed by atoms with van der Waals surface area (Å²) in [5, 5.41) is 18.3. The molecule has 5 rings (SSSR count). The van der Waals surface area contributed by atoms with E-state index in [4.69, 9.17) is 5.11 Å². The largest absolute Gasteiger partial charge is 0.481 e. The summed E-state index contributed by atoms with van der Waals surface area (Å²) < 4.78 is 40.7. The van der Waals surface area contributed by atoms with E-state index in [0.29, 0.717) is 26.2 Å². The van der Waals surface area contributed by atoms with Crippen molar-refractivity contribution >= 4 is 17.6 Å². The second-order valence-corrected chi connectivity index (χ2v) is 7.60. The molecule has 1 saturated carbocycles. The molecule has 1 aromatic heterocycles. The molecule has 2 unspecified atom stereocenters.